The Morgan fingerprint density at radius 3 is 0.813 bits per heavy atom. The van der Waals surface area contributed by atoms with Crippen LogP contribution in [0.2, 0.25) is 0 Å². The van der Waals surface area contributed by atoms with Crippen LogP contribution in [-0.2, 0) is 28.6 Å². The van der Waals surface area contributed by atoms with Crippen LogP contribution in [-0.4, -0.2) is 37.2 Å². The highest BCUT2D eigenvalue weighted by atomic mass is 16.6. The molecule has 0 N–H and O–H groups in total. The minimum atomic E-state index is -0.772. The third kappa shape index (κ3) is 62.1. The van der Waals surface area contributed by atoms with Gasteiger partial charge in [-0.3, -0.25) is 14.4 Å². The zero-order chi connectivity index (χ0) is 54.3. The van der Waals surface area contributed by atoms with Crippen LogP contribution in [0.15, 0.2) is 48.6 Å². The van der Waals surface area contributed by atoms with Crippen molar-refractivity contribution in [2.75, 3.05) is 13.2 Å². The number of allylic oxidation sites excluding steroid dienone is 8. The number of carbonyl (C=O) groups excluding carboxylic acids is 3. The van der Waals surface area contributed by atoms with Crippen molar-refractivity contribution < 1.29 is 28.6 Å². The van der Waals surface area contributed by atoms with Crippen LogP contribution >= 0.6 is 0 Å². The molecule has 0 bridgehead atoms. The first-order valence-corrected chi connectivity index (χ1v) is 33.1. The Hall–Kier alpha value is -2.63. The van der Waals surface area contributed by atoms with Gasteiger partial charge in [0.1, 0.15) is 13.2 Å². The van der Waals surface area contributed by atoms with Gasteiger partial charge in [0.2, 0.25) is 0 Å². The van der Waals surface area contributed by atoms with Gasteiger partial charge in [-0.15, -0.1) is 0 Å². The van der Waals surface area contributed by atoms with E-state index in [9.17, 15) is 14.4 Å². The summed E-state index contributed by atoms with van der Waals surface area (Å²) in [5.41, 5.74) is 0. The molecule has 0 saturated carbocycles. The molecular formula is C69H126O6. The normalized spacial score (nSPS) is 12.3. The molecule has 0 aromatic rings. The van der Waals surface area contributed by atoms with Gasteiger partial charge >= 0.3 is 17.9 Å². The van der Waals surface area contributed by atoms with Crippen LogP contribution < -0.4 is 0 Å². The summed E-state index contributed by atoms with van der Waals surface area (Å²) in [7, 11) is 0. The first kappa shape index (κ1) is 72.4. The maximum atomic E-state index is 12.9. The van der Waals surface area contributed by atoms with Gasteiger partial charge in [0.25, 0.3) is 0 Å². The second-order valence-corrected chi connectivity index (χ2v) is 22.4. The third-order valence-electron chi connectivity index (χ3n) is 14.8. The van der Waals surface area contributed by atoms with E-state index in [1.807, 2.05) is 0 Å². The van der Waals surface area contributed by atoms with Crippen molar-refractivity contribution in [1.29, 1.82) is 0 Å². The van der Waals surface area contributed by atoms with E-state index >= 15 is 0 Å². The fourth-order valence-electron chi connectivity index (χ4n) is 9.91. The molecule has 0 spiro atoms. The van der Waals surface area contributed by atoms with E-state index in [2.05, 4.69) is 69.4 Å². The summed E-state index contributed by atoms with van der Waals surface area (Å²) in [5, 5.41) is 0. The number of esters is 3. The van der Waals surface area contributed by atoms with Crippen LogP contribution in [0.1, 0.15) is 355 Å². The fourth-order valence-corrected chi connectivity index (χ4v) is 9.91. The maximum Gasteiger partial charge on any atom is 0.306 e. The van der Waals surface area contributed by atoms with Gasteiger partial charge in [-0.25, -0.2) is 0 Å². The van der Waals surface area contributed by atoms with Crippen molar-refractivity contribution >= 4 is 17.9 Å². The number of hydrogen-bond acceptors (Lipinski definition) is 6. The predicted molar refractivity (Wildman–Crippen MR) is 325 cm³/mol. The van der Waals surface area contributed by atoms with Crippen molar-refractivity contribution in [1.82, 2.24) is 0 Å². The molecule has 75 heavy (non-hydrogen) atoms. The summed E-state index contributed by atoms with van der Waals surface area (Å²) in [6.45, 7) is 6.59. The molecule has 6 nitrogen and oxygen atoms in total. The zero-order valence-corrected chi connectivity index (χ0v) is 50.3. The minimum Gasteiger partial charge on any atom is -0.462 e. The largest absolute Gasteiger partial charge is 0.462 e. The van der Waals surface area contributed by atoms with Crippen molar-refractivity contribution in [2.45, 2.75) is 361 Å². The predicted octanol–water partition coefficient (Wildman–Crippen LogP) is 22.6. The van der Waals surface area contributed by atoms with E-state index in [1.165, 1.54) is 231 Å². The van der Waals surface area contributed by atoms with Gasteiger partial charge in [-0.1, -0.05) is 326 Å². The summed E-state index contributed by atoms with van der Waals surface area (Å²) in [6.07, 6.45) is 79.7. The van der Waals surface area contributed by atoms with Gasteiger partial charge in [0, 0.05) is 19.3 Å². The number of hydrogen-bond donors (Lipinski definition) is 0. The lowest BCUT2D eigenvalue weighted by Gasteiger charge is -2.18. The van der Waals surface area contributed by atoms with Crippen molar-refractivity contribution in [2.24, 2.45) is 0 Å². The molecule has 438 valence electrons. The Morgan fingerprint density at radius 1 is 0.280 bits per heavy atom. The molecule has 0 amide bonds. The lowest BCUT2D eigenvalue weighted by atomic mass is 10.0. The number of carbonyl (C=O) groups is 3. The Morgan fingerprint density at radius 2 is 0.520 bits per heavy atom. The Balaban J connectivity index is 4.31. The first-order chi connectivity index (χ1) is 37.0. The van der Waals surface area contributed by atoms with Gasteiger partial charge < -0.3 is 14.2 Å². The lowest BCUT2D eigenvalue weighted by Crippen LogP contribution is -2.30. The van der Waals surface area contributed by atoms with E-state index < -0.39 is 6.10 Å². The summed E-state index contributed by atoms with van der Waals surface area (Å²) < 4.78 is 17.0. The number of ether oxygens (including phenoxy) is 3. The zero-order valence-electron chi connectivity index (χ0n) is 50.3. The van der Waals surface area contributed by atoms with Crippen LogP contribution in [0.5, 0.6) is 0 Å². The molecule has 0 saturated heterocycles. The SMILES string of the molecule is CC/C=C\C/C=C\C/C=C\C/C=C\CCCCCCCCCCCCC(=O)OCC(COC(=O)CCCCCCCCCCCCCCCCCCC)OC(=O)CCCCCCCCCCCCCCCCCCC. The molecular weight excluding hydrogens is 925 g/mol. The topological polar surface area (TPSA) is 78.9 Å². The van der Waals surface area contributed by atoms with Crippen LogP contribution in [0.4, 0.5) is 0 Å². The summed E-state index contributed by atoms with van der Waals surface area (Å²) >= 11 is 0. The Kier molecular flexibility index (Phi) is 61.7. The molecule has 0 aromatic heterocycles. The molecule has 1 atom stereocenters. The average molecular weight is 1050 g/mol. The minimum absolute atomic E-state index is 0.0683. The molecule has 1 unspecified atom stereocenters. The first-order valence-electron chi connectivity index (χ1n) is 33.1. The van der Waals surface area contributed by atoms with Gasteiger partial charge in [0.15, 0.2) is 6.10 Å². The summed E-state index contributed by atoms with van der Waals surface area (Å²) in [5.74, 6) is -0.846. The molecule has 0 aliphatic carbocycles. The standard InChI is InChI=1S/C69H126O6/c1-4-7-10-13-16-19-22-25-28-31-32-33-34-35-36-39-41-44-47-50-53-56-59-62-68(71)74-65-66(75-69(72)63-60-57-54-51-48-45-42-38-30-27-24-21-18-15-12-9-6-3)64-73-67(70)61-58-55-52-49-46-43-40-37-29-26-23-20-17-14-11-8-5-2/h7,10,16,19,25,28,32-33,66H,4-6,8-9,11-15,17-18,20-24,26-27,29-31,34-65H2,1-3H3/b10-7-,19-16-,28-25-,33-32-. The molecule has 6 heteroatoms. The van der Waals surface area contributed by atoms with Crippen LogP contribution in [0, 0.1) is 0 Å². The Bertz CT molecular complexity index is 1300. The molecule has 0 heterocycles. The van der Waals surface area contributed by atoms with Crippen molar-refractivity contribution in [3.05, 3.63) is 48.6 Å². The van der Waals surface area contributed by atoms with E-state index in [4.69, 9.17) is 14.2 Å². The summed E-state index contributed by atoms with van der Waals surface area (Å²) in [6, 6.07) is 0. The lowest BCUT2D eigenvalue weighted by molar-refractivity contribution is -0.167. The van der Waals surface area contributed by atoms with Crippen LogP contribution in [0.3, 0.4) is 0 Å². The fraction of sp³-hybridized carbons (Fsp3) is 0.841. The number of rotatable bonds is 61. The molecule has 0 aliphatic rings. The molecule has 0 fully saturated rings. The highest BCUT2D eigenvalue weighted by Gasteiger charge is 2.19. The van der Waals surface area contributed by atoms with Crippen molar-refractivity contribution in [3.63, 3.8) is 0 Å². The van der Waals surface area contributed by atoms with E-state index in [-0.39, 0.29) is 31.1 Å². The second kappa shape index (κ2) is 63.9. The van der Waals surface area contributed by atoms with E-state index in [0.717, 1.165) is 83.5 Å². The average Bonchev–Trinajstić information content (AvgIpc) is 3.41. The maximum absolute atomic E-state index is 12.9. The smallest absolute Gasteiger partial charge is 0.306 e. The molecule has 0 radical (unpaired) electrons. The quantitative estimate of drug-likeness (QED) is 0.0261. The second-order valence-electron chi connectivity index (χ2n) is 22.4. The van der Waals surface area contributed by atoms with Gasteiger partial charge in [-0.05, 0) is 57.8 Å². The monoisotopic (exact) mass is 1050 g/mol. The molecule has 0 aliphatic heterocycles. The van der Waals surface area contributed by atoms with Gasteiger partial charge in [-0.2, -0.15) is 0 Å². The van der Waals surface area contributed by atoms with Crippen molar-refractivity contribution in [3.8, 4) is 0 Å². The van der Waals surface area contributed by atoms with Crippen LogP contribution in [0.25, 0.3) is 0 Å². The summed E-state index contributed by atoms with van der Waals surface area (Å²) in [4.78, 5) is 38.4. The third-order valence-corrected chi connectivity index (χ3v) is 14.8. The number of unbranched alkanes of at least 4 members (excludes halogenated alkanes) is 42. The molecule has 0 rings (SSSR count). The highest BCUT2D eigenvalue weighted by Crippen LogP contribution is 2.18. The molecule has 0 aromatic carbocycles. The van der Waals surface area contributed by atoms with E-state index in [1.54, 1.807) is 0 Å². The highest BCUT2D eigenvalue weighted by molar-refractivity contribution is 5.71. The van der Waals surface area contributed by atoms with E-state index in [0.29, 0.717) is 19.3 Å². The Labute approximate surface area is 467 Å². The van der Waals surface area contributed by atoms with Gasteiger partial charge in [0.05, 0.1) is 0 Å².